The van der Waals surface area contributed by atoms with E-state index < -0.39 is 0 Å². The molecule has 6 heteroatoms. The zero-order valence-corrected chi connectivity index (χ0v) is 10.6. The second-order valence-corrected chi connectivity index (χ2v) is 5.46. The molecule has 102 valence electrons. The van der Waals surface area contributed by atoms with Crippen molar-refractivity contribution in [1.29, 1.82) is 0 Å². The Labute approximate surface area is 111 Å². The van der Waals surface area contributed by atoms with Crippen molar-refractivity contribution in [3.05, 3.63) is 39.9 Å². The monoisotopic (exact) mass is 262 g/mol. The Morgan fingerprint density at radius 2 is 1.95 bits per heavy atom. The molecular weight excluding hydrogens is 244 g/mol. The van der Waals surface area contributed by atoms with Gasteiger partial charge in [-0.1, -0.05) is 12.1 Å². The maximum atomic E-state index is 10.7. The molecule has 0 spiro atoms. The standard InChI is InChI=1S/C13H18N4O2/c14-9-3-6-11-12(7-9)15-16-13(11)8-1-4-10(5-2-8)17(18)19/h1-2,4-5,9,11-13,15-16H,3,6-7,14H2. The molecule has 2 fully saturated rings. The summed E-state index contributed by atoms with van der Waals surface area (Å²) in [5.41, 5.74) is 13.8. The third kappa shape index (κ3) is 2.34. The Morgan fingerprint density at radius 3 is 2.63 bits per heavy atom. The van der Waals surface area contributed by atoms with Gasteiger partial charge in [0.1, 0.15) is 0 Å². The van der Waals surface area contributed by atoms with Gasteiger partial charge in [0.15, 0.2) is 0 Å². The Kier molecular flexibility index (Phi) is 3.22. The largest absolute Gasteiger partial charge is 0.328 e. The SMILES string of the molecule is NC1CCC2C(C1)NNC2c1ccc([N+](=O)[O-])cc1. The van der Waals surface area contributed by atoms with E-state index in [2.05, 4.69) is 10.9 Å². The number of nitro benzene ring substituents is 1. The van der Waals surface area contributed by atoms with Gasteiger partial charge in [-0.3, -0.25) is 15.5 Å². The number of nitrogens with two attached hydrogens (primary N) is 1. The Balaban J connectivity index is 1.77. The van der Waals surface area contributed by atoms with Crippen molar-refractivity contribution in [3.8, 4) is 0 Å². The van der Waals surface area contributed by atoms with Crippen LogP contribution in [0.2, 0.25) is 0 Å². The van der Waals surface area contributed by atoms with Gasteiger partial charge in [-0.2, -0.15) is 0 Å². The van der Waals surface area contributed by atoms with E-state index in [0.717, 1.165) is 24.8 Å². The topological polar surface area (TPSA) is 93.2 Å². The molecule has 1 aliphatic carbocycles. The highest BCUT2D eigenvalue weighted by molar-refractivity contribution is 5.35. The van der Waals surface area contributed by atoms with Crippen molar-refractivity contribution in [3.63, 3.8) is 0 Å². The molecule has 1 heterocycles. The molecule has 1 aliphatic heterocycles. The van der Waals surface area contributed by atoms with Gasteiger partial charge in [-0.05, 0) is 30.7 Å². The summed E-state index contributed by atoms with van der Waals surface area (Å²) in [6, 6.07) is 7.73. The maximum absolute atomic E-state index is 10.7. The van der Waals surface area contributed by atoms with Crippen LogP contribution in [0, 0.1) is 16.0 Å². The molecule has 3 rings (SSSR count). The van der Waals surface area contributed by atoms with Crippen molar-refractivity contribution < 1.29 is 4.92 Å². The minimum atomic E-state index is -0.369. The van der Waals surface area contributed by atoms with Crippen LogP contribution in [0.4, 0.5) is 5.69 Å². The first-order valence-corrected chi connectivity index (χ1v) is 6.66. The number of nitro groups is 1. The minimum Gasteiger partial charge on any atom is -0.328 e. The van der Waals surface area contributed by atoms with Gasteiger partial charge >= 0.3 is 0 Å². The third-order valence-corrected chi connectivity index (χ3v) is 4.26. The third-order valence-electron chi connectivity index (χ3n) is 4.26. The first-order valence-electron chi connectivity index (χ1n) is 6.66. The van der Waals surface area contributed by atoms with Crippen LogP contribution in [0.5, 0.6) is 0 Å². The zero-order valence-electron chi connectivity index (χ0n) is 10.6. The quantitative estimate of drug-likeness (QED) is 0.551. The minimum absolute atomic E-state index is 0.136. The fourth-order valence-electron chi connectivity index (χ4n) is 3.23. The average Bonchev–Trinajstić information content (AvgIpc) is 2.81. The van der Waals surface area contributed by atoms with Gasteiger partial charge in [-0.25, -0.2) is 5.43 Å². The van der Waals surface area contributed by atoms with Crippen LogP contribution in [-0.2, 0) is 0 Å². The number of hydrogen-bond donors (Lipinski definition) is 3. The second-order valence-electron chi connectivity index (χ2n) is 5.46. The Hall–Kier alpha value is -1.50. The summed E-state index contributed by atoms with van der Waals surface area (Å²) in [5.74, 6) is 0.515. The molecule has 0 amide bonds. The number of non-ortho nitro benzene ring substituents is 1. The molecule has 1 aromatic rings. The van der Waals surface area contributed by atoms with Gasteiger partial charge in [0.05, 0.1) is 11.0 Å². The van der Waals surface area contributed by atoms with Crippen LogP contribution >= 0.6 is 0 Å². The Morgan fingerprint density at radius 1 is 1.21 bits per heavy atom. The fraction of sp³-hybridized carbons (Fsp3) is 0.538. The predicted molar refractivity (Wildman–Crippen MR) is 71.2 cm³/mol. The van der Waals surface area contributed by atoms with Crippen LogP contribution in [0.15, 0.2) is 24.3 Å². The van der Waals surface area contributed by atoms with Crippen LogP contribution < -0.4 is 16.6 Å². The lowest BCUT2D eigenvalue weighted by atomic mass is 9.78. The number of benzene rings is 1. The summed E-state index contributed by atoms with van der Waals surface area (Å²) >= 11 is 0. The van der Waals surface area contributed by atoms with E-state index in [4.69, 9.17) is 5.73 Å². The van der Waals surface area contributed by atoms with Crippen molar-refractivity contribution in [2.45, 2.75) is 37.4 Å². The second kappa shape index (κ2) is 4.88. The lowest BCUT2D eigenvalue weighted by molar-refractivity contribution is -0.384. The van der Waals surface area contributed by atoms with Crippen LogP contribution in [0.1, 0.15) is 30.9 Å². The van der Waals surface area contributed by atoms with Gasteiger partial charge in [-0.15, -0.1) is 0 Å². The lowest BCUT2D eigenvalue weighted by Gasteiger charge is -2.31. The van der Waals surface area contributed by atoms with Crippen molar-refractivity contribution >= 4 is 5.69 Å². The molecule has 19 heavy (non-hydrogen) atoms. The highest BCUT2D eigenvalue weighted by atomic mass is 16.6. The lowest BCUT2D eigenvalue weighted by Crippen LogP contribution is -2.41. The summed E-state index contributed by atoms with van der Waals surface area (Å²) < 4.78 is 0. The number of rotatable bonds is 2. The predicted octanol–water partition coefficient (Wildman–Crippen LogP) is 1.24. The molecule has 1 saturated carbocycles. The molecule has 1 saturated heterocycles. The number of hydrazine groups is 1. The molecule has 4 N–H and O–H groups in total. The normalized spacial score (nSPS) is 33.9. The van der Waals surface area contributed by atoms with Crippen LogP contribution in [0.25, 0.3) is 0 Å². The van der Waals surface area contributed by atoms with E-state index in [1.807, 2.05) is 12.1 Å². The fourth-order valence-corrected chi connectivity index (χ4v) is 3.23. The molecule has 4 unspecified atom stereocenters. The molecule has 6 nitrogen and oxygen atoms in total. The highest BCUT2D eigenvalue weighted by Crippen LogP contribution is 2.37. The molecular formula is C13H18N4O2. The van der Waals surface area contributed by atoms with E-state index >= 15 is 0 Å². The Bertz CT molecular complexity index is 476. The van der Waals surface area contributed by atoms with E-state index in [1.165, 1.54) is 0 Å². The average molecular weight is 262 g/mol. The number of nitrogens with one attached hydrogen (secondary N) is 2. The summed E-state index contributed by atoms with van der Waals surface area (Å²) in [5, 5.41) is 10.7. The first-order chi connectivity index (χ1) is 9.15. The summed E-state index contributed by atoms with van der Waals surface area (Å²) in [7, 11) is 0. The smallest absolute Gasteiger partial charge is 0.269 e. The summed E-state index contributed by atoms with van der Waals surface area (Å²) in [6.45, 7) is 0. The maximum Gasteiger partial charge on any atom is 0.269 e. The van der Waals surface area contributed by atoms with Gasteiger partial charge in [0, 0.05) is 24.2 Å². The number of fused-ring (bicyclic) bond motifs is 1. The van der Waals surface area contributed by atoms with Crippen molar-refractivity contribution in [1.82, 2.24) is 10.9 Å². The van der Waals surface area contributed by atoms with E-state index in [1.54, 1.807) is 12.1 Å². The van der Waals surface area contributed by atoms with E-state index in [9.17, 15) is 10.1 Å². The molecule has 0 radical (unpaired) electrons. The van der Waals surface area contributed by atoms with Crippen LogP contribution in [-0.4, -0.2) is 17.0 Å². The summed E-state index contributed by atoms with van der Waals surface area (Å²) in [4.78, 5) is 10.3. The molecule has 2 aliphatic rings. The van der Waals surface area contributed by atoms with Gasteiger partial charge < -0.3 is 5.73 Å². The van der Waals surface area contributed by atoms with Crippen LogP contribution in [0.3, 0.4) is 0 Å². The zero-order chi connectivity index (χ0) is 13.4. The number of hydrogen-bond acceptors (Lipinski definition) is 5. The molecule has 4 atom stereocenters. The van der Waals surface area contributed by atoms with Crippen molar-refractivity contribution in [2.24, 2.45) is 11.7 Å². The molecule has 0 aromatic heterocycles. The van der Waals surface area contributed by atoms with Gasteiger partial charge in [0.2, 0.25) is 0 Å². The van der Waals surface area contributed by atoms with E-state index in [0.29, 0.717) is 12.0 Å². The molecule has 1 aromatic carbocycles. The van der Waals surface area contributed by atoms with Gasteiger partial charge in [0.25, 0.3) is 5.69 Å². The van der Waals surface area contributed by atoms with E-state index in [-0.39, 0.29) is 22.7 Å². The number of nitrogens with zero attached hydrogens (tertiary/aromatic N) is 1. The first kappa shape index (κ1) is 12.5. The van der Waals surface area contributed by atoms with Crippen molar-refractivity contribution in [2.75, 3.05) is 0 Å². The highest BCUT2D eigenvalue weighted by Gasteiger charge is 2.39. The molecule has 0 bridgehead atoms. The summed E-state index contributed by atoms with van der Waals surface area (Å²) in [6.07, 6.45) is 3.13.